The van der Waals surface area contributed by atoms with Crippen molar-refractivity contribution in [1.82, 2.24) is 4.90 Å². The molecule has 1 N–H and O–H groups in total. The Morgan fingerprint density at radius 3 is 2.84 bits per heavy atom. The summed E-state index contributed by atoms with van der Waals surface area (Å²) in [4.78, 5) is 14.9. The van der Waals surface area contributed by atoms with Gasteiger partial charge < -0.3 is 10.2 Å². The first kappa shape index (κ1) is 12.5. The number of rotatable bonds is 1. The maximum Gasteiger partial charge on any atom is 0.230 e. The molecule has 1 amide bonds. The first-order chi connectivity index (χ1) is 9.16. The van der Waals surface area contributed by atoms with Crippen LogP contribution in [0.1, 0.15) is 44.6 Å². The zero-order chi connectivity index (χ0) is 13.4. The Labute approximate surface area is 115 Å². The van der Waals surface area contributed by atoms with Crippen LogP contribution in [0.15, 0.2) is 24.3 Å². The second kappa shape index (κ2) is 4.87. The third-order valence-corrected chi connectivity index (χ3v) is 4.46. The van der Waals surface area contributed by atoms with Crippen molar-refractivity contribution in [1.29, 1.82) is 0 Å². The molecule has 2 aliphatic heterocycles. The van der Waals surface area contributed by atoms with E-state index in [0.717, 1.165) is 31.5 Å². The molecule has 1 fully saturated rings. The third-order valence-electron chi connectivity index (χ3n) is 4.46. The van der Waals surface area contributed by atoms with Crippen LogP contribution in [0.25, 0.3) is 0 Å². The lowest BCUT2D eigenvalue weighted by Gasteiger charge is -2.34. The molecule has 0 radical (unpaired) electrons. The molecule has 2 heterocycles. The van der Waals surface area contributed by atoms with Gasteiger partial charge in [-0.2, -0.15) is 0 Å². The van der Waals surface area contributed by atoms with E-state index in [-0.39, 0.29) is 5.92 Å². The van der Waals surface area contributed by atoms with Crippen molar-refractivity contribution in [2.75, 3.05) is 11.9 Å². The lowest BCUT2D eigenvalue weighted by Crippen LogP contribution is -2.40. The van der Waals surface area contributed by atoms with Crippen molar-refractivity contribution in [2.24, 2.45) is 0 Å². The van der Waals surface area contributed by atoms with Gasteiger partial charge >= 0.3 is 0 Å². The lowest BCUT2D eigenvalue weighted by atomic mass is 9.86. The van der Waals surface area contributed by atoms with Crippen molar-refractivity contribution < 1.29 is 4.79 Å². The van der Waals surface area contributed by atoms with Crippen LogP contribution in [0.4, 0.5) is 5.69 Å². The molecule has 1 aromatic rings. The lowest BCUT2D eigenvalue weighted by molar-refractivity contribution is -0.133. The monoisotopic (exact) mass is 258 g/mol. The number of benzene rings is 1. The highest BCUT2D eigenvalue weighted by atomic mass is 16.2. The minimum atomic E-state index is 0.0352. The van der Waals surface area contributed by atoms with E-state index in [1.54, 1.807) is 0 Å². The summed E-state index contributed by atoms with van der Waals surface area (Å²) in [7, 11) is 0. The first-order valence-corrected chi connectivity index (χ1v) is 7.32. The normalized spacial score (nSPS) is 29.8. The summed E-state index contributed by atoms with van der Waals surface area (Å²) in [6.07, 6.45) is 3.20. The molecular weight excluding hydrogens is 236 g/mol. The van der Waals surface area contributed by atoms with Crippen LogP contribution in [-0.4, -0.2) is 29.4 Å². The van der Waals surface area contributed by atoms with Crippen molar-refractivity contribution in [3.63, 3.8) is 0 Å². The fraction of sp³-hybridized carbons (Fsp3) is 0.562. The van der Waals surface area contributed by atoms with E-state index in [1.165, 1.54) is 5.56 Å². The van der Waals surface area contributed by atoms with E-state index in [0.29, 0.717) is 18.0 Å². The summed E-state index contributed by atoms with van der Waals surface area (Å²) in [6, 6.07) is 9.01. The molecule has 0 spiro atoms. The van der Waals surface area contributed by atoms with Crippen molar-refractivity contribution in [3.05, 3.63) is 29.8 Å². The molecule has 3 unspecified atom stereocenters. The second-order valence-corrected chi connectivity index (χ2v) is 5.94. The van der Waals surface area contributed by atoms with Gasteiger partial charge in [0.1, 0.15) is 0 Å². The predicted molar refractivity (Wildman–Crippen MR) is 77.3 cm³/mol. The summed E-state index contributed by atoms with van der Waals surface area (Å²) in [5.74, 6) is 0.360. The van der Waals surface area contributed by atoms with Crippen LogP contribution in [-0.2, 0) is 4.79 Å². The van der Waals surface area contributed by atoms with Gasteiger partial charge in [0.05, 0.1) is 5.92 Å². The Balaban J connectivity index is 1.90. The molecule has 102 valence electrons. The summed E-state index contributed by atoms with van der Waals surface area (Å²) < 4.78 is 0. The minimum Gasteiger partial charge on any atom is -0.382 e. The molecule has 3 atom stereocenters. The maximum absolute atomic E-state index is 12.8. The summed E-state index contributed by atoms with van der Waals surface area (Å²) >= 11 is 0. The van der Waals surface area contributed by atoms with Crippen LogP contribution in [0.5, 0.6) is 0 Å². The van der Waals surface area contributed by atoms with Crippen LogP contribution >= 0.6 is 0 Å². The molecule has 0 aromatic heterocycles. The maximum atomic E-state index is 12.8. The second-order valence-electron chi connectivity index (χ2n) is 5.94. The number of carbonyl (C=O) groups excluding carboxylic acids is 1. The van der Waals surface area contributed by atoms with Crippen LogP contribution in [0.3, 0.4) is 0 Å². The fourth-order valence-electron chi connectivity index (χ4n) is 3.43. The zero-order valence-corrected chi connectivity index (χ0v) is 11.7. The average Bonchev–Trinajstić information content (AvgIpc) is 2.83. The summed E-state index contributed by atoms with van der Waals surface area (Å²) in [5.41, 5.74) is 2.30. The Kier molecular flexibility index (Phi) is 3.21. The van der Waals surface area contributed by atoms with Gasteiger partial charge in [-0.05, 0) is 44.7 Å². The first-order valence-electron chi connectivity index (χ1n) is 7.32. The van der Waals surface area contributed by atoms with Gasteiger partial charge in [-0.25, -0.2) is 0 Å². The Morgan fingerprint density at radius 2 is 2.11 bits per heavy atom. The number of likely N-dealkylation sites (tertiary alicyclic amines) is 1. The van der Waals surface area contributed by atoms with Crippen LogP contribution in [0.2, 0.25) is 0 Å². The largest absolute Gasteiger partial charge is 0.382 e. The predicted octanol–water partition coefficient (Wildman–Crippen LogP) is 2.99. The van der Waals surface area contributed by atoms with E-state index in [4.69, 9.17) is 0 Å². The molecule has 1 aromatic carbocycles. The van der Waals surface area contributed by atoms with E-state index in [9.17, 15) is 4.79 Å². The van der Waals surface area contributed by atoms with E-state index in [1.807, 2.05) is 12.1 Å². The average molecular weight is 258 g/mol. The van der Waals surface area contributed by atoms with Gasteiger partial charge in [0.15, 0.2) is 0 Å². The summed E-state index contributed by atoms with van der Waals surface area (Å²) in [6.45, 7) is 5.26. The van der Waals surface area contributed by atoms with Gasteiger partial charge in [-0.3, -0.25) is 4.79 Å². The molecule has 19 heavy (non-hydrogen) atoms. The van der Waals surface area contributed by atoms with E-state index in [2.05, 4.69) is 36.2 Å². The number of hydrogen-bond acceptors (Lipinski definition) is 2. The molecule has 0 bridgehead atoms. The van der Waals surface area contributed by atoms with Gasteiger partial charge in [-0.1, -0.05) is 18.2 Å². The van der Waals surface area contributed by atoms with Gasteiger partial charge in [0.25, 0.3) is 0 Å². The molecule has 0 aliphatic carbocycles. The highest BCUT2D eigenvalue weighted by molar-refractivity contribution is 5.87. The van der Waals surface area contributed by atoms with Crippen molar-refractivity contribution in [3.8, 4) is 0 Å². The number of nitrogens with zero attached hydrogens (tertiary/aromatic N) is 1. The van der Waals surface area contributed by atoms with Crippen LogP contribution < -0.4 is 5.32 Å². The van der Waals surface area contributed by atoms with Crippen molar-refractivity contribution in [2.45, 2.75) is 51.1 Å². The van der Waals surface area contributed by atoms with Crippen LogP contribution in [0, 0.1) is 0 Å². The van der Waals surface area contributed by atoms with Crippen molar-refractivity contribution >= 4 is 11.6 Å². The van der Waals surface area contributed by atoms with Gasteiger partial charge in [-0.15, -0.1) is 0 Å². The topological polar surface area (TPSA) is 32.3 Å². The molecule has 0 saturated carbocycles. The fourth-order valence-corrected chi connectivity index (χ4v) is 3.43. The number of carbonyl (C=O) groups is 1. The number of anilines is 1. The smallest absolute Gasteiger partial charge is 0.230 e. The molecule has 3 rings (SSSR count). The van der Waals surface area contributed by atoms with E-state index < -0.39 is 0 Å². The summed E-state index contributed by atoms with van der Waals surface area (Å²) in [5, 5.41) is 3.48. The molecule has 3 nitrogen and oxygen atoms in total. The third kappa shape index (κ3) is 2.22. The highest BCUT2D eigenvalue weighted by Gasteiger charge is 2.35. The SMILES string of the molecule is CC1CC(C(=O)N2CCCC2C)c2ccccc2N1. The van der Waals surface area contributed by atoms with Gasteiger partial charge in [0, 0.05) is 24.3 Å². The molecule has 2 aliphatic rings. The molecule has 1 saturated heterocycles. The van der Waals surface area contributed by atoms with Gasteiger partial charge in [0.2, 0.25) is 5.91 Å². The highest BCUT2D eigenvalue weighted by Crippen LogP contribution is 2.36. The Morgan fingerprint density at radius 1 is 1.32 bits per heavy atom. The molecular formula is C16H22N2O. The van der Waals surface area contributed by atoms with E-state index >= 15 is 0 Å². The Hall–Kier alpha value is -1.51. The number of hydrogen-bond donors (Lipinski definition) is 1. The standard InChI is InChI=1S/C16H22N2O/c1-11-10-14(13-7-3-4-8-15(13)17-11)16(19)18-9-5-6-12(18)2/h3-4,7-8,11-12,14,17H,5-6,9-10H2,1-2H3. The minimum absolute atomic E-state index is 0.0352. The number of para-hydroxylation sites is 1. The number of nitrogens with one attached hydrogen (secondary N) is 1. The number of fused-ring (bicyclic) bond motifs is 1. The quantitative estimate of drug-likeness (QED) is 0.840. The Bertz CT molecular complexity index is 485. The number of amides is 1. The molecule has 3 heteroatoms. The zero-order valence-electron chi connectivity index (χ0n) is 11.7.